The summed E-state index contributed by atoms with van der Waals surface area (Å²) in [5.41, 5.74) is 0.823. The zero-order valence-corrected chi connectivity index (χ0v) is 13.4. The van der Waals surface area contributed by atoms with E-state index in [1.165, 1.54) is 6.42 Å². The highest BCUT2D eigenvalue weighted by atomic mass is 79.9. The van der Waals surface area contributed by atoms with Gasteiger partial charge in [0.25, 0.3) is 5.91 Å². The second-order valence-corrected chi connectivity index (χ2v) is 6.30. The predicted octanol–water partition coefficient (Wildman–Crippen LogP) is 3.92. The highest BCUT2D eigenvalue weighted by Gasteiger charge is 2.24. The minimum absolute atomic E-state index is 0.189. The number of carbonyl (C=O) groups excluding carboxylic acids is 1. The van der Waals surface area contributed by atoms with Gasteiger partial charge in [0.2, 0.25) is 0 Å². The Morgan fingerprint density at radius 3 is 2.63 bits per heavy atom. The molecule has 0 saturated carbocycles. The van der Waals surface area contributed by atoms with Gasteiger partial charge in [-0.3, -0.25) is 4.79 Å². The molecule has 0 unspecified atom stereocenters. The summed E-state index contributed by atoms with van der Waals surface area (Å²) >= 11 is 3.47. The lowest BCUT2D eigenvalue weighted by molar-refractivity contribution is 0.0677. The molecular formula is C15H23BrN2O. The van der Waals surface area contributed by atoms with Crippen LogP contribution < -0.4 is 0 Å². The van der Waals surface area contributed by atoms with E-state index in [4.69, 9.17) is 0 Å². The molecule has 1 aromatic heterocycles. The van der Waals surface area contributed by atoms with Crippen molar-refractivity contribution in [2.24, 2.45) is 5.92 Å². The van der Waals surface area contributed by atoms with Crippen LogP contribution in [-0.4, -0.2) is 28.5 Å². The van der Waals surface area contributed by atoms with E-state index in [-0.39, 0.29) is 5.91 Å². The van der Waals surface area contributed by atoms with Gasteiger partial charge in [0.15, 0.2) is 0 Å². The molecule has 0 aromatic carbocycles. The number of carbonyl (C=O) groups is 1. The summed E-state index contributed by atoms with van der Waals surface area (Å²) in [6.45, 7) is 7.09. The maximum atomic E-state index is 12.6. The molecule has 2 heterocycles. The van der Waals surface area contributed by atoms with Crippen LogP contribution in [0.2, 0.25) is 0 Å². The van der Waals surface area contributed by atoms with Gasteiger partial charge in [0.1, 0.15) is 5.69 Å². The van der Waals surface area contributed by atoms with Gasteiger partial charge in [-0.25, -0.2) is 0 Å². The maximum Gasteiger partial charge on any atom is 0.270 e. The number of aryl methyl sites for hydroxylation is 1. The average Bonchev–Trinajstić information content (AvgIpc) is 2.79. The van der Waals surface area contributed by atoms with Crippen molar-refractivity contribution in [1.82, 2.24) is 9.47 Å². The Morgan fingerprint density at radius 1 is 1.37 bits per heavy atom. The Bertz CT molecular complexity index is 433. The smallest absolute Gasteiger partial charge is 0.270 e. The lowest BCUT2D eigenvalue weighted by Crippen LogP contribution is -2.39. The van der Waals surface area contributed by atoms with E-state index in [0.29, 0.717) is 0 Å². The largest absolute Gasteiger partial charge is 0.342 e. The molecule has 1 aliphatic heterocycles. The molecule has 0 aliphatic carbocycles. The number of nitrogens with zero attached hydrogens (tertiary/aromatic N) is 2. The van der Waals surface area contributed by atoms with Crippen LogP contribution in [-0.2, 0) is 6.54 Å². The van der Waals surface area contributed by atoms with Crippen LogP contribution in [0.25, 0.3) is 0 Å². The van der Waals surface area contributed by atoms with Crippen molar-refractivity contribution in [3.05, 3.63) is 22.4 Å². The molecule has 1 fully saturated rings. The highest BCUT2D eigenvalue weighted by Crippen LogP contribution is 2.23. The number of rotatable bonds is 4. The molecule has 1 aromatic rings. The number of halogens is 1. The fourth-order valence-electron chi connectivity index (χ4n) is 2.79. The Kier molecular flexibility index (Phi) is 5.08. The second kappa shape index (κ2) is 6.60. The molecule has 1 saturated heterocycles. The van der Waals surface area contributed by atoms with Crippen molar-refractivity contribution >= 4 is 21.8 Å². The summed E-state index contributed by atoms with van der Waals surface area (Å²) in [5.74, 6) is 0.993. The van der Waals surface area contributed by atoms with Crippen molar-refractivity contribution in [2.45, 2.75) is 46.1 Å². The Balaban J connectivity index is 2.07. The van der Waals surface area contributed by atoms with Gasteiger partial charge in [0.05, 0.1) is 0 Å². The summed E-state index contributed by atoms with van der Waals surface area (Å²) in [6, 6.07) is 1.95. The Morgan fingerprint density at radius 2 is 2.05 bits per heavy atom. The molecule has 0 radical (unpaired) electrons. The first kappa shape index (κ1) is 14.6. The van der Waals surface area contributed by atoms with Crippen molar-refractivity contribution < 1.29 is 4.79 Å². The van der Waals surface area contributed by atoms with Crippen molar-refractivity contribution in [2.75, 3.05) is 13.1 Å². The molecule has 19 heavy (non-hydrogen) atoms. The molecule has 2 rings (SSSR count). The lowest BCUT2D eigenvalue weighted by Gasteiger charge is -2.31. The molecule has 1 aliphatic rings. The molecule has 0 atom stereocenters. The molecule has 1 amide bonds. The average molecular weight is 327 g/mol. The topological polar surface area (TPSA) is 25.2 Å². The minimum atomic E-state index is 0.189. The minimum Gasteiger partial charge on any atom is -0.342 e. The van der Waals surface area contributed by atoms with Crippen LogP contribution >= 0.6 is 15.9 Å². The monoisotopic (exact) mass is 326 g/mol. The van der Waals surface area contributed by atoms with Gasteiger partial charge >= 0.3 is 0 Å². The molecular weight excluding hydrogens is 304 g/mol. The highest BCUT2D eigenvalue weighted by molar-refractivity contribution is 9.10. The van der Waals surface area contributed by atoms with Crippen LogP contribution in [0.3, 0.4) is 0 Å². The molecule has 0 N–H and O–H groups in total. The first-order valence-corrected chi connectivity index (χ1v) is 8.10. The number of likely N-dealkylation sites (tertiary alicyclic amines) is 1. The lowest BCUT2D eigenvalue weighted by atomic mass is 9.94. The number of piperidine rings is 1. The van der Waals surface area contributed by atoms with Gasteiger partial charge in [-0.1, -0.05) is 20.3 Å². The van der Waals surface area contributed by atoms with Crippen LogP contribution in [0.15, 0.2) is 16.7 Å². The first-order valence-electron chi connectivity index (χ1n) is 7.30. The summed E-state index contributed by atoms with van der Waals surface area (Å²) in [6.07, 6.45) is 6.59. The zero-order valence-electron chi connectivity index (χ0n) is 11.9. The third kappa shape index (κ3) is 3.41. The third-order valence-electron chi connectivity index (χ3n) is 4.03. The van der Waals surface area contributed by atoms with Crippen LogP contribution in [0.4, 0.5) is 0 Å². The second-order valence-electron chi connectivity index (χ2n) is 5.38. The Labute approximate surface area is 124 Å². The zero-order chi connectivity index (χ0) is 13.8. The fourth-order valence-corrected chi connectivity index (χ4v) is 3.25. The van der Waals surface area contributed by atoms with Crippen LogP contribution in [0, 0.1) is 5.92 Å². The SMILES string of the molecule is CCCn1cc(Br)cc1C(=O)N1CCC(CC)CC1. The molecule has 106 valence electrons. The van der Waals surface area contributed by atoms with E-state index in [1.807, 2.05) is 17.2 Å². The number of amides is 1. The van der Waals surface area contributed by atoms with E-state index in [0.717, 1.165) is 55.0 Å². The number of aromatic nitrogens is 1. The van der Waals surface area contributed by atoms with E-state index in [1.54, 1.807) is 0 Å². The standard InChI is InChI=1S/C15H23BrN2O/c1-3-7-18-11-13(16)10-14(18)15(19)17-8-5-12(4-2)6-9-17/h10-12H,3-9H2,1-2H3. The van der Waals surface area contributed by atoms with Gasteiger partial charge in [0, 0.05) is 30.3 Å². The summed E-state index contributed by atoms with van der Waals surface area (Å²) in [7, 11) is 0. The van der Waals surface area contributed by atoms with Crippen LogP contribution in [0.5, 0.6) is 0 Å². The first-order chi connectivity index (χ1) is 9.15. The van der Waals surface area contributed by atoms with Crippen molar-refractivity contribution in [3.8, 4) is 0 Å². The third-order valence-corrected chi connectivity index (χ3v) is 4.46. The predicted molar refractivity (Wildman–Crippen MR) is 81.3 cm³/mol. The maximum absolute atomic E-state index is 12.6. The molecule has 0 spiro atoms. The van der Waals surface area contributed by atoms with Crippen molar-refractivity contribution in [1.29, 1.82) is 0 Å². The van der Waals surface area contributed by atoms with Gasteiger partial charge in [-0.2, -0.15) is 0 Å². The van der Waals surface area contributed by atoms with Crippen molar-refractivity contribution in [3.63, 3.8) is 0 Å². The van der Waals surface area contributed by atoms with Gasteiger partial charge in [-0.15, -0.1) is 0 Å². The number of hydrogen-bond acceptors (Lipinski definition) is 1. The van der Waals surface area contributed by atoms with Gasteiger partial charge < -0.3 is 9.47 Å². The normalized spacial score (nSPS) is 16.9. The quantitative estimate of drug-likeness (QED) is 0.823. The van der Waals surface area contributed by atoms with E-state index in [2.05, 4.69) is 34.3 Å². The van der Waals surface area contributed by atoms with E-state index < -0.39 is 0 Å². The molecule has 4 heteroatoms. The molecule has 0 bridgehead atoms. The van der Waals surface area contributed by atoms with E-state index >= 15 is 0 Å². The summed E-state index contributed by atoms with van der Waals surface area (Å²) in [4.78, 5) is 14.6. The summed E-state index contributed by atoms with van der Waals surface area (Å²) in [5, 5.41) is 0. The van der Waals surface area contributed by atoms with Crippen LogP contribution in [0.1, 0.15) is 50.0 Å². The van der Waals surface area contributed by atoms with Gasteiger partial charge in [-0.05, 0) is 47.2 Å². The number of hydrogen-bond donors (Lipinski definition) is 0. The fraction of sp³-hybridized carbons (Fsp3) is 0.667. The van der Waals surface area contributed by atoms with E-state index in [9.17, 15) is 4.79 Å². The summed E-state index contributed by atoms with van der Waals surface area (Å²) < 4.78 is 3.06. The Hall–Kier alpha value is -0.770. The molecule has 3 nitrogen and oxygen atoms in total.